The molecule has 3 heterocycles. The third-order valence-corrected chi connectivity index (χ3v) is 3.94. The Hall–Kier alpha value is -2.82. The predicted molar refractivity (Wildman–Crippen MR) is 82.4 cm³/mol. The number of carbonyl (C=O) groups excluding carboxylic acids is 1. The average molecular weight is 290 g/mol. The maximum atomic E-state index is 12.5. The van der Waals surface area contributed by atoms with E-state index >= 15 is 0 Å². The van der Waals surface area contributed by atoms with E-state index in [1.54, 1.807) is 17.3 Å². The zero-order valence-corrected chi connectivity index (χ0v) is 11.9. The van der Waals surface area contributed by atoms with Crippen molar-refractivity contribution < 1.29 is 4.79 Å². The number of hydrogen-bond donors (Lipinski definition) is 0. The first-order chi connectivity index (χ1) is 10.8. The minimum atomic E-state index is -0.0644. The fourth-order valence-electron chi connectivity index (χ4n) is 2.67. The molecule has 2 aromatic heterocycles. The average Bonchev–Trinajstić information content (AvgIpc) is 2.54. The van der Waals surface area contributed by atoms with Crippen molar-refractivity contribution >= 4 is 16.9 Å². The van der Waals surface area contributed by atoms with Gasteiger partial charge >= 0.3 is 0 Å². The topological polar surface area (TPSA) is 59.0 Å². The number of hydrogen-bond acceptors (Lipinski definition) is 4. The van der Waals surface area contributed by atoms with Gasteiger partial charge in [-0.25, -0.2) is 4.98 Å². The van der Waals surface area contributed by atoms with Crippen molar-refractivity contribution in [1.82, 2.24) is 19.9 Å². The van der Waals surface area contributed by atoms with Gasteiger partial charge in [-0.3, -0.25) is 14.8 Å². The third kappa shape index (κ3) is 2.20. The lowest BCUT2D eigenvalue weighted by Crippen LogP contribution is -2.49. The van der Waals surface area contributed by atoms with E-state index in [9.17, 15) is 4.79 Å². The molecule has 0 aliphatic carbocycles. The van der Waals surface area contributed by atoms with Gasteiger partial charge in [0.1, 0.15) is 5.69 Å². The second kappa shape index (κ2) is 5.18. The lowest BCUT2D eigenvalue weighted by Gasteiger charge is -2.38. The molecule has 4 rings (SSSR count). The summed E-state index contributed by atoms with van der Waals surface area (Å²) >= 11 is 0. The van der Waals surface area contributed by atoms with Crippen molar-refractivity contribution in [1.29, 1.82) is 0 Å². The molecule has 0 atom stereocenters. The molecule has 1 amide bonds. The first kappa shape index (κ1) is 12.9. The largest absolute Gasteiger partial charge is 0.336 e. The van der Waals surface area contributed by atoms with Crippen LogP contribution in [0.3, 0.4) is 0 Å². The van der Waals surface area contributed by atoms with Gasteiger partial charge in [0, 0.05) is 30.9 Å². The Bertz CT molecular complexity index is 828. The molecule has 3 aromatic rings. The molecule has 0 unspecified atom stereocenters. The van der Waals surface area contributed by atoms with Gasteiger partial charge in [-0.1, -0.05) is 18.2 Å². The van der Waals surface area contributed by atoms with Gasteiger partial charge in [0.05, 0.1) is 17.2 Å². The number of carbonyl (C=O) groups is 1. The Morgan fingerprint density at radius 2 is 1.77 bits per heavy atom. The minimum absolute atomic E-state index is 0.0644. The molecule has 5 heteroatoms. The molecule has 5 nitrogen and oxygen atoms in total. The third-order valence-electron chi connectivity index (χ3n) is 3.94. The van der Waals surface area contributed by atoms with Gasteiger partial charge in [-0.05, 0) is 24.3 Å². The molecule has 1 saturated heterocycles. The van der Waals surface area contributed by atoms with Crippen LogP contribution in [-0.2, 0) is 0 Å². The van der Waals surface area contributed by atoms with E-state index in [0.717, 1.165) is 16.7 Å². The van der Waals surface area contributed by atoms with Crippen LogP contribution in [-0.4, -0.2) is 38.8 Å². The zero-order chi connectivity index (χ0) is 14.9. The van der Waals surface area contributed by atoms with Crippen LogP contribution in [0.15, 0.2) is 54.9 Å². The fourth-order valence-corrected chi connectivity index (χ4v) is 2.67. The highest BCUT2D eigenvalue weighted by atomic mass is 16.2. The lowest BCUT2D eigenvalue weighted by molar-refractivity contribution is 0.0592. The van der Waals surface area contributed by atoms with Crippen LogP contribution >= 0.6 is 0 Å². The zero-order valence-electron chi connectivity index (χ0n) is 11.9. The van der Waals surface area contributed by atoms with E-state index in [-0.39, 0.29) is 5.91 Å². The molecule has 1 aliphatic heterocycles. The van der Waals surface area contributed by atoms with E-state index in [1.165, 1.54) is 0 Å². The number of fused-ring (bicyclic) bond motifs is 1. The fraction of sp³-hybridized carbons (Fsp3) is 0.176. The molecule has 1 aromatic carbocycles. The van der Waals surface area contributed by atoms with Crippen LogP contribution in [0, 0.1) is 0 Å². The van der Waals surface area contributed by atoms with Crippen LogP contribution in [0.25, 0.3) is 11.0 Å². The maximum absolute atomic E-state index is 12.5. The SMILES string of the molecule is O=C(c1cnc2ccccc2n1)N1CC(c2ccccn2)C1. The van der Waals surface area contributed by atoms with Crippen LogP contribution in [0.2, 0.25) is 0 Å². The first-order valence-electron chi connectivity index (χ1n) is 7.23. The molecule has 1 fully saturated rings. The molecule has 0 saturated carbocycles. The van der Waals surface area contributed by atoms with Gasteiger partial charge < -0.3 is 4.90 Å². The predicted octanol–water partition coefficient (Wildman–Crippen LogP) is 2.26. The Balaban J connectivity index is 1.50. The van der Waals surface area contributed by atoms with Crippen LogP contribution in [0.4, 0.5) is 0 Å². The number of pyridine rings is 1. The van der Waals surface area contributed by atoms with Crippen LogP contribution < -0.4 is 0 Å². The highest BCUT2D eigenvalue weighted by molar-refractivity contribution is 5.94. The number of likely N-dealkylation sites (tertiary alicyclic amines) is 1. The van der Waals surface area contributed by atoms with Crippen molar-refractivity contribution in [2.24, 2.45) is 0 Å². The monoisotopic (exact) mass is 290 g/mol. The number of aromatic nitrogens is 3. The molecular weight excluding hydrogens is 276 g/mol. The van der Waals surface area contributed by atoms with Gasteiger partial charge in [0.25, 0.3) is 5.91 Å². The van der Waals surface area contributed by atoms with Crippen LogP contribution in [0.1, 0.15) is 22.1 Å². The maximum Gasteiger partial charge on any atom is 0.274 e. The van der Waals surface area contributed by atoms with E-state index in [0.29, 0.717) is 24.7 Å². The summed E-state index contributed by atoms with van der Waals surface area (Å²) in [5, 5.41) is 0. The number of amides is 1. The second-order valence-corrected chi connectivity index (χ2v) is 5.41. The van der Waals surface area contributed by atoms with Crippen molar-refractivity contribution in [2.75, 3.05) is 13.1 Å². The molecular formula is C17H14N4O. The van der Waals surface area contributed by atoms with E-state index < -0.39 is 0 Å². The molecule has 108 valence electrons. The van der Waals surface area contributed by atoms with Crippen LogP contribution in [0.5, 0.6) is 0 Å². The summed E-state index contributed by atoms with van der Waals surface area (Å²) in [6.07, 6.45) is 3.34. The first-order valence-corrected chi connectivity index (χ1v) is 7.23. The number of nitrogens with zero attached hydrogens (tertiary/aromatic N) is 4. The molecule has 0 N–H and O–H groups in total. The lowest BCUT2D eigenvalue weighted by atomic mass is 9.95. The Morgan fingerprint density at radius 3 is 2.55 bits per heavy atom. The van der Waals surface area contributed by atoms with Crippen molar-refractivity contribution in [2.45, 2.75) is 5.92 Å². The standard InChI is InChI=1S/C17H14N4O/c22-17(16-9-19-14-6-1-2-7-15(14)20-16)21-10-12(11-21)13-5-3-4-8-18-13/h1-9,12H,10-11H2. The second-order valence-electron chi connectivity index (χ2n) is 5.41. The quantitative estimate of drug-likeness (QED) is 0.726. The summed E-state index contributed by atoms with van der Waals surface area (Å²) in [5.41, 5.74) is 2.98. The summed E-state index contributed by atoms with van der Waals surface area (Å²) in [4.78, 5) is 27.3. The number of benzene rings is 1. The minimum Gasteiger partial charge on any atom is -0.336 e. The van der Waals surface area contributed by atoms with Crippen molar-refractivity contribution in [3.05, 3.63) is 66.2 Å². The molecule has 1 aliphatic rings. The van der Waals surface area contributed by atoms with Gasteiger partial charge in [0.15, 0.2) is 0 Å². The number of para-hydroxylation sites is 2. The normalized spacial score (nSPS) is 14.8. The Morgan fingerprint density at radius 1 is 1.00 bits per heavy atom. The van der Waals surface area contributed by atoms with Gasteiger partial charge in [-0.2, -0.15) is 0 Å². The summed E-state index contributed by atoms with van der Waals surface area (Å²) < 4.78 is 0. The highest BCUT2D eigenvalue weighted by Gasteiger charge is 2.33. The van der Waals surface area contributed by atoms with E-state index in [2.05, 4.69) is 15.0 Å². The Kier molecular flexibility index (Phi) is 3.04. The number of rotatable bonds is 2. The summed E-state index contributed by atoms with van der Waals surface area (Å²) in [6.45, 7) is 1.37. The van der Waals surface area contributed by atoms with Gasteiger partial charge in [0.2, 0.25) is 0 Å². The molecule has 22 heavy (non-hydrogen) atoms. The summed E-state index contributed by atoms with van der Waals surface area (Å²) in [6, 6.07) is 13.4. The summed E-state index contributed by atoms with van der Waals surface area (Å²) in [5.74, 6) is 0.254. The van der Waals surface area contributed by atoms with Gasteiger partial charge in [-0.15, -0.1) is 0 Å². The van der Waals surface area contributed by atoms with E-state index in [1.807, 2.05) is 42.5 Å². The molecule has 0 bridgehead atoms. The van der Waals surface area contributed by atoms with Crippen molar-refractivity contribution in [3.63, 3.8) is 0 Å². The summed E-state index contributed by atoms with van der Waals surface area (Å²) in [7, 11) is 0. The van der Waals surface area contributed by atoms with Crippen molar-refractivity contribution in [3.8, 4) is 0 Å². The Labute approximate surface area is 127 Å². The highest BCUT2D eigenvalue weighted by Crippen LogP contribution is 2.26. The van der Waals surface area contributed by atoms with E-state index in [4.69, 9.17) is 0 Å². The smallest absolute Gasteiger partial charge is 0.274 e. The molecule has 0 spiro atoms. The molecule has 0 radical (unpaired) electrons.